The van der Waals surface area contributed by atoms with Crippen molar-refractivity contribution in [1.82, 2.24) is 15.1 Å². The summed E-state index contributed by atoms with van der Waals surface area (Å²) in [6.45, 7) is 8.32. The fourth-order valence-corrected chi connectivity index (χ4v) is 5.03. The molecule has 4 atom stereocenters. The average molecular weight is 551 g/mol. The van der Waals surface area contributed by atoms with Gasteiger partial charge in [-0.3, -0.25) is 24.6 Å². The number of ketones is 2. The van der Waals surface area contributed by atoms with E-state index >= 15 is 0 Å². The maximum atomic E-state index is 13.8. The summed E-state index contributed by atoms with van der Waals surface area (Å²) in [6.07, 6.45) is -5.12. The number of Topliss-reactive ketones (excluding diaryl/α,β-unsaturated/α-hetero) is 2. The molecule has 3 N–H and O–H groups in total. The number of urea groups is 1. The van der Waals surface area contributed by atoms with Crippen molar-refractivity contribution < 1.29 is 34.1 Å². The molecule has 0 bridgehead atoms. The van der Waals surface area contributed by atoms with E-state index < -0.39 is 54.0 Å². The second-order valence-corrected chi connectivity index (χ2v) is 10.5. The van der Waals surface area contributed by atoms with Crippen LogP contribution >= 0.6 is 0 Å². The van der Waals surface area contributed by atoms with Crippen LogP contribution in [0.3, 0.4) is 0 Å². The van der Waals surface area contributed by atoms with Crippen LogP contribution in [0.1, 0.15) is 60.3 Å². The second-order valence-electron chi connectivity index (χ2n) is 10.5. The third-order valence-corrected chi connectivity index (χ3v) is 7.29. The summed E-state index contributed by atoms with van der Waals surface area (Å²) in [6, 6.07) is 12.4. The first-order chi connectivity index (χ1) is 18.8. The van der Waals surface area contributed by atoms with E-state index in [1.165, 1.54) is 11.8 Å². The Kier molecular flexibility index (Phi) is 8.20. The lowest BCUT2D eigenvalue weighted by molar-refractivity contribution is -0.149. The number of benzene rings is 2. The summed E-state index contributed by atoms with van der Waals surface area (Å²) in [7, 11) is 0. The van der Waals surface area contributed by atoms with Crippen LogP contribution in [0.5, 0.6) is 0 Å². The minimum Gasteiger partial charge on any atom is -0.380 e. The predicted molar refractivity (Wildman–Crippen MR) is 145 cm³/mol. The van der Waals surface area contributed by atoms with Gasteiger partial charge in [0.15, 0.2) is 23.3 Å². The Morgan fingerprint density at radius 1 is 1.07 bits per heavy atom. The van der Waals surface area contributed by atoms with Gasteiger partial charge in [0.2, 0.25) is 11.9 Å². The third kappa shape index (κ3) is 5.40. The van der Waals surface area contributed by atoms with Crippen LogP contribution in [0.25, 0.3) is 0 Å². The molecule has 1 saturated heterocycles. The molecule has 0 spiro atoms. The van der Waals surface area contributed by atoms with Gasteiger partial charge in [-0.15, -0.1) is 0 Å². The van der Waals surface area contributed by atoms with E-state index in [-0.39, 0.29) is 24.2 Å². The Morgan fingerprint density at radius 2 is 1.70 bits per heavy atom. The summed E-state index contributed by atoms with van der Waals surface area (Å²) < 4.78 is 6.00. The molecule has 1 fully saturated rings. The molecule has 2 aliphatic heterocycles. The van der Waals surface area contributed by atoms with Crippen molar-refractivity contribution in [2.75, 3.05) is 6.67 Å². The first kappa shape index (κ1) is 29.1. The summed E-state index contributed by atoms with van der Waals surface area (Å²) in [5, 5.41) is 25.5. The Labute approximate surface area is 232 Å². The van der Waals surface area contributed by atoms with Crippen LogP contribution < -0.4 is 5.32 Å². The molecule has 1 unspecified atom stereocenters. The lowest BCUT2D eigenvalue weighted by Gasteiger charge is -2.39. The molecule has 40 heavy (non-hydrogen) atoms. The summed E-state index contributed by atoms with van der Waals surface area (Å²) >= 11 is 0. The average Bonchev–Trinajstić information content (AvgIpc) is 3.25. The number of carbonyl (C=O) groups is 4. The van der Waals surface area contributed by atoms with Crippen LogP contribution in [0.4, 0.5) is 4.79 Å². The highest BCUT2D eigenvalue weighted by atomic mass is 16.5. The lowest BCUT2D eigenvalue weighted by Crippen LogP contribution is -2.58. The van der Waals surface area contributed by atoms with Gasteiger partial charge in [0.25, 0.3) is 0 Å². The van der Waals surface area contributed by atoms with E-state index in [0.29, 0.717) is 16.7 Å². The summed E-state index contributed by atoms with van der Waals surface area (Å²) in [4.78, 5) is 59.2. The maximum Gasteiger partial charge on any atom is 0.350 e. The fourth-order valence-electron chi connectivity index (χ4n) is 5.03. The van der Waals surface area contributed by atoms with Crippen LogP contribution in [-0.4, -0.2) is 80.1 Å². The van der Waals surface area contributed by atoms with E-state index in [9.17, 15) is 29.4 Å². The van der Waals surface area contributed by atoms with Gasteiger partial charge in [0.05, 0.1) is 0 Å². The number of hydrogen-bond donors (Lipinski definition) is 3. The van der Waals surface area contributed by atoms with Gasteiger partial charge in [-0.25, -0.2) is 4.79 Å². The van der Waals surface area contributed by atoms with Crippen LogP contribution in [-0.2, 0) is 14.3 Å². The molecule has 212 valence electrons. The van der Waals surface area contributed by atoms with E-state index in [4.69, 9.17) is 4.74 Å². The number of ether oxygens (including phenoxy) is 1. The van der Waals surface area contributed by atoms with E-state index in [2.05, 4.69) is 10.3 Å². The molecule has 11 heteroatoms. The van der Waals surface area contributed by atoms with Crippen molar-refractivity contribution in [2.45, 2.75) is 71.1 Å². The molecule has 4 rings (SSSR count). The summed E-state index contributed by atoms with van der Waals surface area (Å²) in [5.74, 6) is -2.00. The zero-order chi connectivity index (χ0) is 29.4. The molecule has 2 aromatic carbocycles. The van der Waals surface area contributed by atoms with Crippen molar-refractivity contribution >= 4 is 29.5 Å². The SMILES string of the molecule is CC(=O)NC1=NC(=O)N([C@H]2C[C@@](O)(C(=O)c3ccccc3C)[C@@H](C(=O)C(O)c3ccccc3C)O2)CN1C(C)C. The van der Waals surface area contributed by atoms with E-state index in [0.717, 1.165) is 0 Å². The number of guanidine groups is 1. The monoisotopic (exact) mass is 550 g/mol. The van der Waals surface area contributed by atoms with Crippen LogP contribution in [0.2, 0.25) is 0 Å². The number of aryl methyl sites for hydroxylation is 2. The van der Waals surface area contributed by atoms with Gasteiger partial charge in [-0.05, 0) is 44.4 Å². The van der Waals surface area contributed by atoms with Crippen molar-refractivity contribution in [2.24, 2.45) is 4.99 Å². The number of hydrogen-bond acceptors (Lipinski definition) is 8. The molecule has 2 aromatic rings. The number of aliphatic hydroxyl groups is 2. The number of nitrogens with one attached hydrogen (secondary N) is 1. The number of rotatable bonds is 7. The van der Waals surface area contributed by atoms with Gasteiger partial charge in [0.1, 0.15) is 19.0 Å². The molecular weight excluding hydrogens is 516 g/mol. The highest BCUT2D eigenvalue weighted by molar-refractivity contribution is 6.08. The number of aliphatic imine (C=N–C) groups is 1. The molecule has 2 heterocycles. The first-order valence-corrected chi connectivity index (χ1v) is 13.0. The molecule has 11 nitrogen and oxygen atoms in total. The summed E-state index contributed by atoms with van der Waals surface area (Å²) in [5.41, 5.74) is -0.654. The largest absolute Gasteiger partial charge is 0.380 e. The Bertz CT molecular complexity index is 1370. The normalized spacial score (nSPS) is 23.7. The van der Waals surface area contributed by atoms with Crippen molar-refractivity contribution in [3.63, 3.8) is 0 Å². The lowest BCUT2D eigenvalue weighted by atomic mass is 9.81. The van der Waals surface area contributed by atoms with Crippen molar-refractivity contribution in [1.29, 1.82) is 0 Å². The van der Waals surface area contributed by atoms with Gasteiger partial charge >= 0.3 is 6.03 Å². The molecule has 0 aromatic heterocycles. The quantitative estimate of drug-likeness (QED) is 0.445. The molecule has 0 aliphatic carbocycles. The fraction of sp³-hybridized carbons (Fsp3) is 0.414. The number of carbonyl (C=O) groups excluding carboxylic acids is 4. The third-order valence-electron chi connectivity index (χ3n) is 7.29. The minimum atomic E-state index is -2.39. The molecule has 2 aliphatic rings. The predicted octanol–water partition coefficient (Wildman–Crippen LogP) is 2.23. The van der Waals surface area contributed by atoms with Crippen molar-refractivity contribution in [3.8, 4) is 0 Å². The van der Waals surface area contributed by atoms with Crippen LogP contribution in [0, 0.1) is 13.8 Å². The zero-order valence-corrected chi connectivity index (χ0v) is 23.1. The topological polar surface area (TPSA) is 149 Å². The maximum absolute atomic E-state index is 13.8. The minimum absolute atomic E-state index is 0.0654. The Balaban J connectivity index is 1.73. The van der Waals surface area contributed by atoms with Gasteiger partial charge < -0.3 is 19.8 Å². The Morgan fingerprint density at radius 3 is 2.30 bits per heavy atom. The van der Waals surface area contributed by atoms with E-state index in [1.54, 1.807) is 67.3 Å². The zero-order valence-electron chi connectivity index (χ0n) is 23.1. The smallest absolute Gasteiger partial charge is 0.350 e. The van der Waals surface area contributed by atoms with Gasteiger partial charge in [-0.2, -0.15) is 4.99 Å². The van der Waals surface area contributed by atoms with Gasteiger partial charge in [-0.1, -0.05) is 48.5 Å². The highest BCUT2D eigenvalue weighted by Gasteiger charge is 2.59. The Hall–Kier alpha value is -3.93. The number of aliphatic hydroxyl groups excluding tert-OH is 1. The first-order valence-electron chi connectivity index (χ1n) is 13.0. The second kappa shape index (κ2) is 11.3. The molecular formula is C29H34N4O7. The number of amides is 3. The standard InChI is InChI=1S/C29H34N4O7/c1-16(2)32-15-33(28(38)31-27(32)30-19(5)34)22-14-29(39,25(37)21-13-9-7-11-18(21)4)26(40-22)24(36)23(35)20-12-8-6-10-17(20)3/h6-13,16,22-23,26,35,39H,14-15H2,1-5H3,(H,30,31,34,38)/t22-,23?,26-,29-/m1/s1. The van der Waals surface area contributed by atoms with Gasteiger partial charge in [0, 0.05) is 24.9 Å². The number of nitrogens with zero attached hydrogens (tertiary/aromatic N) is 3. The van der Waals surface area contributed by atoms with E-state index in [1.807, 2.05) is 13.8 Å². The molecule has 0 saturated carbocycles. The molecule has 3 amide bonds. The highest BCUT2D eigenvalue weighted by Crippen LogP contribution is 2.39. The molecule has 0 radical (unpaired) electrons. The van der Waals surface area contributed by atoms with Crippen molar-refractivity contribution in [3.05, 3.63) is 70.8 Å². The van der Waals surface area contributed by atoms with Crippen LogP contribution in [0.15, 0.2) is 53.5 Å².